The van der Waals surface area contributed by atoms with Gasteiger partial charge in [0, 0.05) is 41.1 Å². The number of fused-ring (bicyclic) bond motifs is 2. The number of rotatable bonds is 8. The molecule has 10 nitrogen and oxygen atoms in total. The van der Waals surface area contributed by atoms with E-state index in [1.807, 2.05) is 0 Å². The van der Waals surface area contributed by atoms with Gasteiger partial charge < -0.3 is 28.8 Å². The number of H-pyrrole nitrogens is 1. The van der Waals surface area contributed by atoms with Crippen LogP contribution in [0.3, 0.4) is 0 Å². The highest BCUT2D eigenvalue weighted by molar-refractivity contribution is 6.07. The molecule has 1 amide bonds. The Balaban J connectivity index is 1.30. The van der Waals surface area contributed by atoms with Gasteiger partial charge in [0.15, 0.2) is 11.5 Å². The maximum atomic E-state index is 13.8. The van der Waals surface area contributed by atoms with Gasteiger partial charge in [-0.05, 0) is 35.9 Å². The van der Waals surface area contributed by atoms with Crippen LogP contribution in [0.4, 0.5) is 8.78 Å². The number of nitrogens with one attached hydrogen (secondary N) is 2. The lowest BCUT2D eigenvalue weighted by molar-refractivity contribution is 0.0853. The number of amides is 1. The number of aromatic amines is 1. The normalized spacial score (nSPS) is 15.7. The number of benzene rings is 3. The SMILES string of the molecule is COc1c(/C=N\NC(=O)c2c[nH]c3ccc(F)cc23)c(C[C@H]2CC(c3ccc(F)cc3)=NO2)c(OC)c2c1OCO2. The molecule has 0 saturated heterocycles. The summed E-state index contributed by atoms with van der Waals surface area (Å²) in [5.41, 5.74) is 5.87. The van der Waals surface area contributed by atoms with E-state index in [0.29, 0.717) is 63.6 Å². The number of hydrogen-bond acceptors (Lipinski definition) is 8. The van der Waals surface area contributed by atoms with Crippen molar-refractivity contribution in [3.8, 4) is 23.0 Å². The zero-order chi connectivity index (χ0) is 28.5. The summed E-state index contributed by atoms with van der Waals surface area (Å²) in [6.07, 6.45) is 3.28. The number of hydrazone groups is 1. The quantitative estimate of drug-likeness (QED) is 0.238. The van der Waals surface area contributed by atoms with E-state index in [1.165, 1.54) is 50.9 Å². The second kappa shape index (κ2) is 10.8. The van der Waals surface area contributed by atoms with Crippen molar-refractivity contribution in [1.82, 2.24) is 10.4 Å². The molecule has 1 atom stereocenters. The van der Waals surface area contributed by atoms with Crippen molar-refractivity contribution in [2.24, 2.45) is 10.3 Å². The molecule has 0 aliphatic carbocycles. The third-order valence-corrected chi connectivity index (χ3v) is 6.87. The fourth-order valence-electron chi connectivity index (χ4n) is 4.97. The van der Waals surface area contributed by atoms with E-state index in [2.05, 4.69) is 20.7 Å². The van der Waals surface area contributed by atoms with Crippen LogP contribution in [0.5, 0.6) is 23.0 Å². The summed E-state index contributed by atoms with van der Waals surface area (Å²) < 4.78 is 49.9. The zero-order valence-electron chi connectivity index (χ0n) is 22.0. The molecule has 2 aliphatic rings. The van der Waals surface area contributed by atoms with E-state index in [4.69, 9.17) is 23.8 Å². The monoisotopic (exact) mass is 562 g/mol. The van der Waals surface area contributed by atoms with Crippen LogP contribution in [0, 0.1) is 11.6 Å². The highest BCUT2D eigenvalue weighted by atomic mass is 19.1. The number of halogens is 2. The van der Waals surface area contributed by atoms with Crippen molar-refractivity contribution in [2.45, 2.75) is 18.9 Å². The molecule has 2 N–H and O–H groups in total. The highest BCUT2D eigenvalue weighted by Gasteiger charge is 2.34. The lowest BCUT2D eigenvalue weighted by Crippen LogP contribution is -2.18. The number of carbonyl (C=O) groups is 1. The Labute approximate surface area is 232 Å². The fraction of sp³-hybridized carbons (Fsp3) is 0.207. The smallest absolute Gasteiger partial charge is 0.273 e. The molecule has 210 valence electrons. The minimum absolute atomic E-state index is 0.0340. The third kappa shape index (κ3) is 4.88. The first-order valence-electron chi connectivity index (χ1n) is 12.6. The van der Waals surface area contributed by atoms with Gasteiger partial charge in [-0.1, -0.05) is 17.3 Å². The summed E-state index contributed by atoms with van der Waals surface area (Å²) in [5, 5.41) is 8.80. The van der Waals surface area contributed by atoms with Crippen LogP contribution in [0.15, 0.2) is 58.9 Å². The Hall–Kier alpha value is -5.13. The van der Waals surface area contributed by atoms with E-state index in [-0.39, 0.29) is 18.2 Å². The molecule has 3 aromatic carbocycles. The molecule has 0 fully saturated rings. The number of hydrogen-bond donors (Lipinski definition) is 2. The molecule has 0 spiro atoms. The highest BCUT2D eigenvalue weighted by Crippen LogP contribution is 2.52. The molecule has 12 heteroatoms. The molecule has 0 radical (unpaired) electrons. The Bertz CT molecular complexity index is 1700. The van der Waals surface area contributed by atoms with E-state index < -0.39 is 17.8 Å². The molecule has 41 heavy (non-hydrogen) atoms. The number of methoxy groups -OCH3 is 2. The second-order valence-corrected chi connectivity index (χ2v) is 9.30. The maximum absolute atomic E-state index is 13.8. The lowest BCUT2D eigenvalue weighted by Gasteiger charge is -2.19. The van der Waals surface area contributed by atoms with Gasteiger partial charge >= 0.3 is 0 Å². The second-order valence-electron chi connectivity index (χ2n) is 9.30. The number of oxime groups is 1. The van der Waals surface area contributed by atoms with Gasteiger partial charge in [-0.2, -0.15) is 5.10 Å². The van der Waals surface area contributed by atoms with Gasteiger partial charge in [0.2, 0.25) is 18.3 Å². The first-order valence-corrected chi connectivity index (χ1v) is 12.6. The topological polar surface area (TPSA) is 116 Å². The van der Waals surface area contributed by atoms with Crippen LogP contribution >= 0.6 is 0 Å². The van der Waals surface area contributed by atoms with Crippen LogP contribution in [-0.2, 0) is 11.3 Å². The van der Waals surface area contributed by atoms with Gasteiger partial charge in [-0.25, -0.2) is 14.2 Å². The van der Waals surface area contributed by atoms with Crippen molar-refractivity contribution in [3.05, 3.63) is 82.5 Å². The van der Waals surface area contributed by atoms with Crippen molar-refractivity contribution in [2.75, 3.05) is 21.0 Å². The summed E-state index contributed by atoms with van der Waals surface area (Å²) in [6, 6.07) is 10.2. The number of carbonyl (C=O) groups excluding carboxylic acids is 1. The van der Waals surface area contributed by atoms with Crippen LogP contribution in [-0.4, -0.2) is 49.9 Å². The lowest BCUT2D eigenvalue weighted by atomic mass is 9.95. The van der Waals surface area contributed by atoms with Gasteiger partial charge in [-0.15, -0.1) is 0 Å². The minimum Gasteiger partial charge on any atom is -0.492 e. The Kier molecular flexibility index (Phi) is 6.88. The molecule has 3 heterocycles. The van der Waals surface area contributed by atoms with Crippen LogP contribution < -0.4 is 24.4 Å². The van der Waals surface area contributed by atoms with Crippen molar-refractivity contribution < 1.29 is 37.4 Å². The molecule has 0 saturated carbocycles. The molecular weight excluding hydrogens is 538 g/mol. The van der Waals surface area contributed by atoms with E-state index in [9.17, 15) is 13.6 Å². The first-order chi connectivity index (χ1) is 20.0. The summed E-state index contributed by atoms with van der Waals surface area (Å²) in [4.78, 5) is 21.6. The third-order valence-electron chi connectivity index (χ3n) is 6.87. The summed E-state index contributed by atoms with van der Waals surface area (Å²) in [5.74, 6) is 0.104. The Morgan fingerprint density at radius 1 is 1.10 bits per heavy atom. The first kappa shape index (κ1) is 26.1. The van der Waals surface area contributed by atoms with Gasteiger partial charge in [-0.3, -0.25) is 4.79 Å². The maximum Gasteiger partial charge on any atom is 0.273 e. The van der Waals surface area contributed by atoms with Crippen LogP contribution in [0.25, 0.3) is 10.9 Å². The number of ether oxygens (including phenoxy) is 4. The number of nitrogens with zero attached hydrogens (tertiary/aromatic N) is 2. The average Bonchev–Trinajstić information content (AvgIpc) is 3.73. The van der Waals surface area contributed by atoms with Crippen molar-refractivity contribution in [1.29, 1.82) is 0 Å². The summed E-state index contributed by atoms with van der Waals surface area (Å²) in [7, 11) is 2.98. The molecular formula is C29H24F2N4O6. The van der Waals surface area contributed by atoms with Gasteiger partial charge in [0.25, 0.3) is 5.91 Å². The van der Waals surface area contributed by atoms with E-state index in [0.717, 1.165) is 5.56 Å². The molecule has 1 aromatic heterocycles. The molecule has 4 aromatic rings. The van der Waals surface area contributed by atoms with Gasteiger partial charge in [0.1, 0.15) is 17.7 Å². The Morgan fingerprint density at radius 2 is 1.83 bits per heavy atom. The molecule has 0 unspecified atom stereocenters. The van der Waals surface area contributed by atoms with Crippen LogP contribution in [0.1, 0.15) is 33.5 Å². The standard InChI is InChI=1S/C29H24F2N4O6/c1-37-25-20(10-18-11-24(35-41-18)15-3-5-16(30)6-4-15)21(26(38-2)28-27(25)39-14-40-28)13-33-34-29(36)22-12-32-23-8-7-17(31)9-19(22)23/h3-9,12-13,18,32H,10-11,14H2,1-2H3,(H,34,36)/b33-13-/t18-/m0/s1. The number of aromatic nitrogens is 1. The summed E-state index contributed by atoms with van der Waals surface area (Å²) >= 11 is 0. The van der Waals surface area contributed by atoms with E-state index >= 15 is 0 Å². The largest absolute Gasteiger partial charge is 0.492 e. The predicted octanol–water partition coefficient (Wildman–Crippen LogP) is 4.69. The van der Waals surface area contributed by atoms with Crippen molar-refractivity contribution in [3.63, 3.8) is 0 Å². The predicted molar refractivity (Wildman–Crippen MR) is 145 cm³/mol. The fourth-order valence-corrected chi connectivity index (χ4v) is 4.97. The Morgan fingerprint density at radius 3 is 2.59 bits per heavy atom. The van der Waals surface area contributed by atoms with Crippen LogP contribution in [0.2, 0.25) is 0 Å². The molecule has 0 bridgehead atoms. The molecule has 6 rings (SSSR count). The van der Waals surface area contributed by atoms with Gasteiger partial charge in [0.05, 0.1) is 31.7 Å². The van der Waals surface area contributed by atoms with Crippen molar-refractivity contribution >= 4 is 28.7 Å². The molecule has 2 aliphatic heterocycles. The van der Waals surface area contributed by atoms with E-state index in [1.54, 1.807) is 18.2 Å². The zero-order valence-corrected chi connectivity index (χ0v) is 22.0. The summed E-state index contributed by atoms with van der Waals surface area (Å²) in [6.45, 7) is -0.0340. The average molecular weight is 563 g/mol. The minimum atomic E-state index is -0.539.